The molecule has 2 aromatic rings. The van der Waals surface area contributed by atoms with Crippen LogP contribution >= 0.6 is 0 Å². The van der Waals surface area contributed by atoms with Crippen molar-refractivity contribution in [3.05, 3.63) is 53.9 Å². The highest BCUT2D eigenvalue weighted by atomic mass is 16.2. The molecule has 1 aromatic carbocycles. The first-order valence-electron chi connectivity index (χ1n) is 7.18. The highest BCUT2D eigenvalue weighted by Crippen LogP contribution is 2.07. The average Bonchev–Trinajstić information content (AvgIpc) is 2.98. The van der Waals surface area contributed by atoms with Crippen LogP contribution in [0.25, 0.3) is 0 Å². The minimum atomic E-state index is -0.0326. The van der Waals surface area contributed by atoms with Gasteiger partial charge in [-0.3, -0.25) is 9.48 Å². The largest absolute Gasteiger partial charge is 0.350 e. The smallest absolute Gasteiger partial charge is 0.241 e. The van der Waals surface area contributed by atoms with Gasteiger partial charge in [0.15, 0.2) is 0 Å². The first kappa shape index (κ1) is 15.3. The van der Waals surface area contributed by atoms with Crippen molar-refractivity contribution < 1.29 is 4.79 Å². The minimum Gasteiger partial charge on any atom is -0.350 e. The van der Waals surface area contributed by atoms with E-state index in [0.717, 1.165) is 18.7 Å². The molecule has 1 amide bonds. The summed E-state index contributed by atoms with van der Waals surface area (Å²) >= 11 is 0. The van der Waals surface area contributed by atoms with Gasteiger partial charge in [-0.2, -0.15) is 5.10 Å². The molecule has 0 saturated carbocycles. The van der Waals surface area contributed by atoms with E-state index in [2.05, 4.69) is 41.4 Å². The molecule has 0 saturated heterocycles. The summed E-state index contributed by atoms with van der Waals surface area (Å²) in [5.74, 6) is -0.0326. The van der Waals surface area contributed by atoms with Crippen molar-refractivity contribution >= 4 is 5.91 Å². The molecule has 0 fully saturated rings. The van der Waals surface area contributed by atoms with Crippen LogP contribution in [0.4, 0.5) is 0 Å². The number of hydrogen-bond acceptors (Lipinski definition) is 3. The number of nitrogens with one attached hydrogen (secondary N) is 1. The number of hydrogen-bond donors (Lipinski definition) is 1. The molecular weight excluding hydrogens is 264 g/mol. The van der Waals surface area contributed by atoms with E-state index < -0.39 is 0 Å². The van der Waals surface area contributed by atoms with E-state index in [0.29, 0.717) is 6.54 Å². The molecule has 5 heteroatoms. The zero-order valence-electron chi connectivity index (χ0n) is 12.6. The molecule has 0 unspecified atom stereocenters. The lowest BCUT2D eigenvalue weighted by molar-refractivity contribution is -0.122. The summed E-state index contributed by atoms with van der Waals surface area (Å²) in [6, 6.07) is 10.1. The fourth-order valence-electron chi connectivity index (χ4n) is 2.06. The van der Waals surface area contributed by atoms with Crippen molar-refractivity contribution in [2.45, 2.75) is 26.6 Å². The summed E-state index contributed by atoms with van der Waals surface area (Å²) < 4.78 is 1.61. The molecule has 0 radical (unpaired) electrons. The van der Waals surface area contributed by atoms with Gasteiger partial charge in [-0.15, -0.1) is 0 Å². The lowest BCUT2D eigenvalue weighted by Crippen LogP contribution is -2.27. The molecule has 0 aliphatic heterocycles. The van der Waals surface area contributed by atoms with Crippen LogP contribution in [-0.4, -0.2) is 34.2 Å². The topological polar surface area (TPSA) is 50.2 Å². The van der Waals surface area contributed by atoms with Gasteiger partial charge in [0, 0.05) is 25.5 Å². The zero-order chi connectivity index (χ0) is 15.1. The van der Waals surface area contributed by atoms with Gasteiger partial charge in [-0.25, -0.2) is 0 Å². The molecule has 0 spiro atoms. The standard InChI is InChI=1S/C16H22N4O/c1-3-19(2)12-15-7-4-6-14(10-15)11-17-16(21)13-20-9-5-8-18-20/h4-10H,3,11-13H2,1-2H3,(H,17,21). The summed E-state index contributed by atoms with van der Waals surface area (Å²) in [6.45, 7) is 4.88. The lowest BCUT2D eigenvalue weighted by Gasteiger charge is -2.14. The van der Waals surface area contributed by atoms with Crippen LogP contribution in [0.5, 0.6) is 0 Å². The molecule has 2 rings (SSSR count). The number of carbonyl (C=O) groups is 1. The van der Waals surface area contributed by atoms with Gasteiger partial charge >= 0.3 is 0 Å². The molecule has 1 aromatic heterocycles. The van der Waals surface area contributed by atoms with Crippen LogP contribution in [0.15, 0.2) is 42.7 Å². The van der Waals surface area contributed by atoms with Gasteiger partial charge in [0.2, 0.25) is 5.91 Å². The number of rotatable bonds is 7. The Balaban J connectivity index is 1.85. The highest BCUT2D eigenvalue weighted by molar-refractivity contribution is 5.75. The Hall–Kier alpha value is -2.14. The summed E-state index contributed by atoms with van der Waals surface area (Å²) in [7, 11) is 2.10. The first-order chi connectivity index (χ1) is 10.2. The summed E-state index contributed by atoms with van der Waals surface area (Å²) in [5, 5.41) is 6.94. The summed E-state index contributed by atoms with van der Waals surface area (Å²) in [6.07, 6.45) is 3.45. The monoisotopic (exact) mass is 286 g/mol. The summed E-state index contributed by atoms with van der Waals surface area (Å²) in [5.41, 5.74) is 2.38. The van der Waals surface area contributed by atoms with Crippen molar-refractivity contribution in [2.75, 3.05) is 13.6 Å². The molecular formula is C16H22N4O. The molecule has 0 bridgehead atoms. The van der Waals surface area contributed by atoms with Gasteiger partial charge in [-0.1, -0.05) is 31.2 Å². The Morgan fingerprint density at radius 2 is 2.14 bits per heavy atom. The number of amides is 1. The fraction of sp³-hybridized carbons (Fsp3) is 0.375. The van der Waals surface area contributed by atoms with Crippen LogP contribution in [0.2, 0.25) is 0 Å². The molecule has 112 valence electrons. The third-order valence-electron chi connectivity index (χ3n) is 3.34. The molecule has 0 aliphatic carbocycles. The van der Waals surface area contributed by atoms with Crippen molar-refractivity contribution in [3.63, 3.8) is 0 Å². The Bertz CT molecular complexity index is 565. The second kappa shape index (κ2) is 7.59. The van der Waals surface area contributed by atoms with E-state index in [1.165, 1.54) is 5.56 Å². The van der Waals surface area contributed by atoms with E-state index in [4.69, 9.17) is 0 Å². The Labute approximate surface area is 125 Å². The molecule has 5 nitrogen and oxygen atoms in total. The van der Waals surface area contributed by atoms with Crippen LogP contribution < -0.4 is 5.32 Å². The maximum absolute atomic E-state index is 11.8. The Kier molecular flexibility index (Phi) is 5.51. The SMILES string of the molecule is CCN(C)Cc1cccc(CNC(=O)Cn2cccn2)c1. The van der Waals surface area contributed by atoms with Crippen molar-refractivity contribution in [2.24, 2.45) is 0 Å². The van der Waals surface area contributed by atoms with Crippen molar-refractivity contribution in [1.29, 1.82) is 0 Å². The third-order valence-corrected chi connectivity index (χ3v) is 3.34. The first-order valence-corrected chi connectivity index (χ1v) is 7.18. The number of benzene rings is 1. The van der Waals surface area contributed by atoms with Crippen LogP contribution in [0, 0.1) is 0 Å². The van der Waals surface area contributed by atoms with E-state index in [1.807, 2.05) is 12.1 Å². The van der Waals surface area contributed by atoms with Crippen LogP contribution in [0.1, 0.15) is 18.1 Å². The second-order valence-corrected chi connectivity index (χ2v) is 5.13. The Morgan fingerprint density at radius 3 is 2.86 bits per heavy atom. The van der Waals surface area contributed by atoms with Crippen LogP contribution in [0.3, 0.4) is 0 Å². The quantitative estimate of drug-likeness (QED) is 0.842. The van der Waals surface area contributed by atoms with Crippen molar-refractivity contribution in [1.82, 2.24) is 20.0 Å². The Morgan fingerprint density at radius 1 is 1.33 bits per heavy atom. The normalized spacial score (nSPS) is 10.8. The maximum Gasteiger partial charge on any atom is 0.241 e. The number of nitrogens with zero attached hydrogens (tertiary/aromatic N) is 3. The van der Waals surface area contributed by atoms with Gasteiger partial charge in [0.05, 0.1) is 0 Å². The van der Waals surface area contributed by atoms with Crippen molar-refractivity contribution in [3.8, 4) is 0 Å². The van der Waals surface area contributed by atoms with E-state index >= 15 is 0 Å². The fourth-order valence-corrected chi connectivity index (χ4v) is 2.06. The molecule has 1 heterocycles. The predicted molar refractivity (Wildman–Crippen MR) is 82.5 cm³/mol. The lowest BCUT2D eigenvalue weighted by atomic mass is 10.1. The predicted octanol–water partition coefficient (Wildman–Crippen LogP) is 1.65. The van der Waals surface area contributed by atoms with Gasteiger partial charge in [0.1, 0.15) is 6.54 Å². The van der Waals surface area contributed by atoms with E-state index in [1.54, 1.807) is 23.1 Å². The highest BCUT2D eigenvalue weighted by Gasteiger charge is 2.04. The molecule has 1 N–H and O–H groups in total. The summed E-state index contributed by atoms with van der Waals surface area (Å²) in [4.78, 5) is 14.1. The van der Waals surface area contributed by atoms with Crippen LogP contribution in [-0.2, 0) is 24.4 Å². The van der Waals surface area contributed by atoms with Gasteiger partial charge < -0.3 is 10.2 Å². The number of carbonyl (C=O) groups excluding carboxylic acids is 1. The average molecular weight is 286 g/mol. The van der Waals surface area contributed by atoms with Gasteiger partial charge in [-0.05, 0) is 30.8 Å². The van der Waals surface area contributed by atoms with E-state index in [9.17, 15) is 4.79 Å². The van der Waals surface area contributed by atoms with E-state index in [-0.39, 0.29) is 12.5 Å². The third kappa shape index (κ3) is 5.04. The van der Waals surface area contributed by atoms with Gasteiger partial charge in [0.25, 0.3) is 0 Å². The molecule has 21 heavy (non-hydrogen) atoms. The molecule has 0 aliphatic rings. The maximum atomic E-state index is 11.8. The zero-order valence-corrected chi connectivity index (χ0v) is 12.6. The minimum absolute atomic E-state index is 0.0326. The molecule has 0 atom stereocenters. The second-order valence-electron chi connectivity index (χ2n) is 5.13. The number of aromatic nitrogens is 2.